The van der Waals surface area contributed by atoms with Gasteiger partial charge in [0.1, 0.15) is 0 Å². The first kappa shape index (κ1) is 14.0. The second-order valence-electron chi connectivity index (χ2n) is 5.61. The first-order valence-corrected chi connectivity index (χ1v) is 7.35. The van der Waals surface area contributed by atoms with Crippen LogP contribution in [-0.2, 0) is 11.2 Å². The van der Waals surface area contributed by atoms with Gasteiger partial charge in [0.2, 0.25) is 0 Å². The van der Waals surface area contributed by atoms with Crippen LogP contribution in [-0.4, -0.2) is 22.9 Å². The highest BCUT2D eigenvalue weighted by Gasteiger charge is 2.40. The van der Waals surface area contributed by atoms with Gasteiger partial charge in [-0.05, 0) is 37.5 Å². The van der Waals surface area contributed by atoms with Crippen molar-refractivity contribution in [3.63, 3.8) is 0 Å². The first-order valence-electron chi connectivity index (χ1n) is 6.56. The molecule has 1 aliphatic rings. The van der Waals surface area contributed by atoms with Gasteiger partial charge in [0.05, 0.1) is 17.8 Å². The van der Waals surface area contributed by atoms with Crippen LogP contribution in [0.2, 0.25) is 0 Å². The van der Waals surface area contributed by atoms with Crippen LogP contribution in [0.15, 0.2) is 28.7 Å². The van der Waals surface area contributed by atoms with Crippen molar-refractivity contribution in [3.05, 3.63) is 34.3 Å². The third-order valence-corrected chi connectivity index (χ3v) is 4.38. The number of benzene rings is 1. The normalized spacial score (nSPS) is 32.4. The van der Waals surface area contributed by atoms with Gasteiger partial charge in [0, 0.05) is 17.3 Å². The Bertz CT molecular complexity index is 421. The molecule has 0 aromatic heterocycles. The highest BCUT2D eigenvalue weighted by molar-refractivity contribution is 9.10. The Morgan fingerprint density at radius 3 is 2.89 bits per heavy atom. The summed E-state index contributed by atoms with van der Waals surface area (Å²) in [5.74, 6) is 0. The zero-order chi connectivity index (χ0) is 13.2. The maximum absolute atomic E-state index is 10.8. The van der Waals surface area contributed by atoms with Crippen LogP contribution in [0, 0.1) is 0 Å². The molecular weight excluding hydrogens is 292 g/mol. The molecule has 0 aliphatic carbocycles. The molecule has 1 aromatic carbocycles. The second kappa shape index (κ2) is 5.32. The van der Waals surface area contributed by atoms with Gasteiger partial charge in [-0.1, -0.05) is 35.0 Å². The molecule has 0 bridgehead atoms. The van der Waals surface area contributed by atoms with Crippen LogP contribution < -0.4 is 0 Å². The zero-order valence-corrected chi connectivity index (χ0v) is 12.7. The number of hydrogen-bond acceptors (Lipinski definition) is 2. The number of hydrogen-bond donors (Lipinski definition) is 1. The molecule has 0 radical (unpaired) electrons. The van der Waals surface area contributed by atoms with Crippen LogP contribution in [0.25, 0.3) is 0 Å². The molecule has 2 rings (SSSR count). The van der Waals surface area contributed by atoms with E-state index in [0.717, 1.165) is 17.3 Å². The van der Waals surface area contributed by atoms with Gasteiger partial charge in [0.25, 0.3) is 0 Å². The molecule has 1 fully saturated rings. The van der Waals surface area contributed by atoms with E-state index in [2.05, 4.69) is 41.9 Å². The van der Waals surface area contributed by atoms with E-state index in [1.54, 1.807) is 0 Å². The molecule has 1 aliphatic heterocycles. The summed E-state index contributed by atoms with van der Waals surface area (Å²) in [5.41, 5.74) is 0.357. The molecule has 0 amide bonds. The van der Waals surface area contributed by atoms with Gasteiger partial charge in [-0.15, -0.1) is 0 Å². The maximum atomic E-state index is 10.8. The fourth-order valence-corrected chi connectivity index (χ4v) is 3.17. The minimum absolute atomic E-state index is 0.182. The monoisotopic (exact) mass is 312 g/mol. The van der Waals surface area contributed by atoms with Gasteiger partial charge in [0.15, 0.2) is 0 Å². The van der Waals surface area contributed by atoms with Crippen LogP contribution in [0.3, 0.4) is 0 Å². The highest BCUT2D eigenvalue weighted by Crippen LogP contribution is 2.36. The number of rotatable bonds is 3. The fraction of sp³-hybridized carbons (Fsp3) is 0.600. The Hall–Kier alpha value is -0.380. The second-order valence-corrected chi connectivity index (χ2v) is 6.53. The molecule has 0 saturated carbocycles. The SMILES string of the molecule is CCC1(C)CC(O)(Cc2cccc(Br)c2)CCO1. The predicted octanol–water partition coefficient (Wildman–Crippen LogP) is 3.70. The minimum atomic E-state index is -0.635. The molecule has 1 aromatic rings. The van der Waals surface area contributed by atoms with E-state index in [1.165, 1.54) is 5.56 Å². The average Bonchev–Trinajstić information content (AvgIpc) is 2.28. The lowest BCUT2D eigenvalue weighted by Crippen LogP contribution is -2.48. The van der Waals surface area contributed by atoms with Crippen LogP contribution >= 0.6 is 15.9 Å². The van der Waals surface area contributed by atoms with Crippen molar-refractivity contribution < 1.29 is 9.84 Å². The summed E-state index contributed by atoms with van der Waals surface area (Å²) in [6.07, 6.45) is 3.07. The van der Waals surface area contributed by atoms with E-state index in [0.29, 0.717) is 19.4 Å². The summed E-state index contributed by atoms with van der Waals surface area (Å²) in [7, 11) is 0. The lowest BCUT2D eigenvalue weighted by Gasteiger charge is -2.43. The highest BCUT2D eigenvalue weighted by atomic mass is 79.9. The Kier molecular flexibility index (Phi) is 4.15. The summed E-state index contributed by atoms with van der Waals surface area (Å²) in [4.78, 5) is 0. The van der Waals surface area contributed by atoms with Crippen molar-refractivity contribution in [2.75, 3.05) is 6.61 Å². The number of halogens is 1. The van der Waals surface area contributed by atoms with Crippen molar-refractivity contribution in [3.8, 4) is 0 Å². The van der Waals surface area contributed by atoms with Gasteiger partial charge >= 0.3 is 0 Å². The third-order valence-electron chi connectivity index (χ3n) is 3.89. The summed E-state index contributed by atoms with van der Waals surface area (Å²) >= 11 is 3.47. The molecule has 2 atom stereocenters. The molecule has 0 spiro atoms. The largest absolute Gasteiger partial charge is 0.389 e. The van der Waals surface area contributed by atoms with Crippen molar-refractivity contribution in [2.45, 2.75) is 50.7 Å². The summed E-state index contributed by atoms with van der Waals surface area (Å²) in [5, 5.41) is 10.8. The Morgan fingerprint density at radius 2 is 2.22 bits per heavy atom. The van der Waals surface area contributed by atoms with E-state index in [4.69, 9.17) is 4.74 Å². The average molecular weight is 313 g/mol. The maximum Gasteiger partial charge on any atom is 0.0737 e. The van der Waals surface area contributed by atoms with Crippen LogP contribution in [0.4, 0.5) is 0 Å². The predicted molar refractivity (Wildman–Crippen MR) is 76.7 cm³/mol. The topological polar surface area (TPSA) is 29.5 Å². The standard InChI is InChI=1S/C15H21BrO2/c1-3-14(2)11-15(17,7-8-18-14)10-12-5-4-6-13(16)9-12/h4-6,9,17H,3,7-8,10-11H2,1-2H3. The van der Waals surface area contributed by atoms with Crippen LogP contribution in [0.5, 0.6) is 0 Å². The third kappa shape index (κ3) is 3.34. The smallest absolute Gasteiger partial charge is 0.0737 e. The molecule has 2 unspecified atom stereocenters. The van der Waals surface area contributed by atoms with Crippen molar-refractivity contribution in [1.29, 1.82) is 0 Å². The van der Waals surface area contributed by atoms with Gasteiger partial charge in [-0.3, -0.25) is 0 Å². The van der Waals surface area contributed by atoms with Crippen molar-refractivity contribution in [1.82, 2.24) is 0 Å². The molecule has 1 saturated heterocycles. The molecule has 2 nitrogen and oxygen atoms in total. The van der Waals surface area contributed by atoms with E-state index in [-0.39, 0.29) is 5.60 Å². The number of aliphatic hydroxyl groups is 1. The molecule has 3 heteroatoms. The number of ether oxygens (including phenoxy) is 1. The Labute approximate surface area is 117 Å². The van der Waals surface area contributed by atoms with Crippen molar-refractivity contribution in [2.24, 2.45) is 0 Å². The molecular formula is C15H21BrO2. The Balaban J connectivity index is 2.12. The zero-order valence-electron chi connectivity index (χ0n) is 11.1. The Morgan fingerprint density at radius 1 is 1.44 bits per heavy atom. The summed E-state index contributed by atoms with van der Waals surface area (Å²) in [6, 6.07) is 8.17. The van der Waals surface area contributed by atoms with E-state index in [9.17, 15) is 5.11 Å². The molecule has 1 N–H and O–H groups in total. The van der Waals surface area contributed by atoms with Crippen LogP contribution in [0.1, 0.15) is 38.7 Å². The van der Waals surface area contributed by atoms with Crippen molar-refractivity contribution >= 4 is 15.9 Å². The first-order chi connectivity index (χ1) is 8.45. The van der Waals surface area contributed by atoms with E-state index >= 15 is 0 Å². The fourth-order valence-electron chi connectivity index (χ4n) is 2.73. The quantitative estimate of drug-likeness (QED) is 0.922. The minimum Gasteiger partial charge on any atom is -0.389 e. The molecule has 100 valence electrons. The van der Waals surface area contributed by atoms with E-state index in [1.807, 2.05) is 12.1 Å². The lowest BCUT2D eigenvalue weighted by molar-refractivity contribution is -0.152. The summed E-state index contributed by atoms with van der Waals surface area (Å²) in [6.45, 7) is 4.86. The lowest BCUT2D eigenvalue weighted by atomic mass is 9.78. The van der Waals surface area contributed by atoms with Gasteiger partial charge in [-0.2, -0.15) is 0 Å². The molecule has 18 heavy (non-hydrogen) atoms. The van der Waals surface area contributed by atoms with Gasteiger partial charge < -0.3 is 9.84 Å². The summed E-state index contributed by atoms with van der Waals surface area (Å²) < 4.78 is 6.87. The van der Waals surface area contributed by atoms with E-state index < -0.39 is 5.60 Å². The molecule has 1 heterocycles. The van der Waals surface area contributed by atoms with Gasteiger partial charge in [-0.25, -0.2) is 0 Å².